The van der Waals surface area contributed by atoms with Crippen molar-refractivity contribution in [2.75, 3.05) is 39.0 Å². The molecule has 128 valence electrons. The summed E-state index contributed by atoms with van der Waals surface area (Å²) in [5, 5.41) is 9.38. The Morgan fingerprint density at radius 1 is 1.26 bits per heavy atom. The molecule has 0 saturated carbocycles. The predicted octanol–water partition coefficient (Wildman–Crippen LogP) is 3.24. The molecule has 0 amide bonds. The van der Waals surface area contributed by atoms with E-state index >= 15 is 0 Å². The SMILES string of the molecule is CSc1ccc(CN2CCN(CC=C(C)C)[C@@H](CCO)C2)cc1. The fraction of sp³-hybridized carbons (Fsp3) is 0.579. The van der Waals surface area contributed by atoms with Crippen LogP contribution in [0.1, 0.15) is 25.8 Å². The van der Waals surface area contributed by atoms with Gasteiger partial charge in [0.15, 0.2) is 0 Å². The summed E-state index contributed by atoms with van der Waals surface area (Å²) in [4.78, 5) is 6.35. The number of thioether (sulfide) groups is 1. The van der Waals surface area contributed by atoms with Gasteiger partial charge in [0.1, 0.15) is 0 Å². The van der Waals surface area contributed by atoms with Gasteiger partial charge in [0.2, 0.25) is 0 Å². The lowest BCUT2D eigenvalue weighted by Gasteiger charge is -2.41. The molecule has 0 bridgehead atoms. The Kier molecular flexibility index (Phi) is 7.63. The van der Waals surface area contributed by atoms with Crippen LogP contribution in [0.15, 0.2) is 40.8 Å². The highest BCUT2D eigenvalue weighted by atomic mass is 32.2. The molecule has 0 aliphatic carbocycles. The van der Waals surface area contributed by atoms with Crippen molar-refractivity contribution in [3.05, 3.63) is 41.5 Å². The molecule has 1 N–H and O–H groups in total. The van der Waals surface area contributed by atoms with E-state index in [4.69, 9.17) is 0 Å². The smallest absolute Gasteiger partial charge is 0.0446 e. The van der Waals surface area contributed by atoms with E-state index in [1.165, 1.54) is 16.0 Å². The van der Waals surface area contributed by atoms with Crippen molar-refractivity contribution in [2.45, 2.75) is 37.8 Å². The van der Waals surface area contributed by atoms with Crippen LogP contribution in [0.5, 0.6) is 0 Å². The van der Waals surface area contributed by atoms with E-state index in [-0.39, 0.29) is 6.61 Å². The van der Waals surface area contributed by atoms with Crippen molar-refractivity contribution < 1.29 is 5.11 Å². The van der Waals surface area contributed by atoms with Gasteiger partial charge in [-0.3, -0.25) is 9.80 Å². The van der Waals surface area contributed by atoms with Crippen LogP contribution in [0.3, 0.4) is 0 Å². The number of nitrogens with zero attached hydrogens (tertiary/aromatic N) is 2. The van der Waals surface area contributed by atoms with Gasteiger partial charge in [0.25, 0.3) is 0 Å². The molecule has 1 saturated heterocycles. The summed E-state index contributed by atoms with van der Waals surface area (Å²) in [5.74, 6) is 0. The van der Waals surface area contributed by atoms with Gasteiger partial charge in [-0.05, 0) is 44.2 Å². The molecule has 0 spiro atoms. The second-order valence-corrected chi connectivity index (χ2v) is 7.41. The zero-order valence-corrected chi connectivity index (χ0v) is 15.5. The first-order valence-corrected chi connectivity index (χ1v) is 9.68. The number of piperazine rings is 1. The summed E-state index contributed by atoms with van der Waals surface area (Å²) in [6.07, 6.45) is 5.26. The lowest BCUT2D eigenvalue weighted by molar-refractivity contribution is 0.0636. The van der Waals surface area contributed by atoms with Crippen LogP contribution in [0.25, 0.3) is 0 Å². The fourth-order valence-corrected chi connectivity index (χ4v) is 3.46. The Morgan fingerprint density at radius 3 is 2.61 bits per heavy atom. The highest BCUT2D eigenvalue weighted by Crippen LogP contribution is 2.18. The van der Waals surface area contributed by atoms with Gasteiger partial charge in [-0.1, -0.05) is 23.8 Å². The van der Waals surface area contributed by atoms with Crippen LogP contribution in [-0.4, -0.2) is 60.0 Å². The molecule has 23 heavy (non-hydrogen) atoms. The molecular weight excluding hydrogens is 304 g/mol. The van der Waals surface area contributed by atoms with Crippen molar-refractivity contribution in [2.24, 2.45) is 0 Å². The number of aliphatic hydroxyl groups is 1. The molecular formula is C19H30N2OS. The maximum absolute atomic E-state index is 9.38. The minimum absolute atomic E-state index is 0.270. The van der Waals surface area contributed by atoms with Crippen LogP contribution < -0.4 is 0 Å². The van der Waals surface area contributed by atoms with E-state index in [1.807, 2.05) is 0 Å². The third-order valence-corrected chi connectivity index (χ3v) is 5.19. The van der Waals surface area contributed by atoms with E-state index in [2.05, 4.69) is 60.2 Å². The van der Waals surface area contributed by atoms with Crippen LogP contribution in [0.4, 0.5) is 0 Å². The van der Waals surface area contributed by atoms with E-state index < -0.39 is 0 Å². The van der Waals surface area contributed by atoms with Crippen molar-refractivity contribution in [1.29, 1.82) is 0 Å². The lowest BCUT2D eigenvalue weighted by atomic mass is 10.1. The summed E-state index contributed by atoms with van der Waals surface area (Å²) in [6.45, 7) is 9.80. The molecule has 1 heterocycles. The largest absolute Gasteiger partial charge is 0.396 e. The van der Waals surface area contributed by atoms with Crippen LogP contribution >= 0.6 is 11.8 Å². The second kappa shape index (κ2) is 9.48. The normalized spacial score (nSPS) is 19.7. The third kappa shape index (κ3) is 5.96. The van der Waals surface area contributed by atoms with Crippen molar-refractivity contribution >= 4 is 11.8 Å². The molecule has 2 rings (SSSR count). The summed E-state index contributed by atoms with van der Waals surface area (Å²) in [5.41, 5.74) is 2.74. The van der Waals surface area contributed by atoms with E-state index in [0.29, 0.717) is 6.04 Å². The third-order valence-electron chi connectivity index (χ3n) is 4.45. The van der Waals surface area contributed by atoms with E-state index in [9.17, 15) is 5.11 Å². The van der Waals surface area contributed by atoms with Crippen LogP contribution in [-0.2, 0) is 6.54 Å². The Bertz CT molecular complexity index is 497. The first-order valence-electron chi connectivity index (χ1n) is 8.46. The van der Waals surface area contributed by atoms with Gasteiger partial charge >= 0.3 is 0 Å². The summed E-state index contributed by atoms with van der Waals surface area (Å²) >= 11 is 1.79. The summed E-state index contributed by atoms with van der Waals surface area (Å²) < 4.78 is 0. The molecule has 3 nitrogen and oxygen atoms in total. The Balaban J connectivity index is 1.93. The van der Waals surface area contributed by atoms with Gasteiger partial charge in [0.05, 0.1) is 0 Å². The first-order chi connectivity index (χ1) is 11.1. The van der Waals surface area contributed by atoms with E-state index in [0.717, 1.165) is 39.1 Å². The summed E-state index contributed by atoms with van der Waals surface area (Å²) in [6, 6.07) is 9.34. The average Bonchev–Trinajstić information content (AvgIpc) is 2.55. The lowest BCUT2D eigenvalue weighted by Crippen LogP contribution is -2.53. The quantitative estimate of drug-likeness (QED) is 0.612. The highest BCUT2D eigenvalue weighted by molar-refractivity contribution is 7.98. The summed E-state index contributed by atoms with van der Waals surface area (Å²) in [7, 11) is 0. The van der Waals surface area contributed by atoms with Crippen molar-refractivity contribution in [1.82, 2.24) is 9.80 Å². The van der Waals surface area contributed by atoms with Crippen molar-refractivity contribution in [3.8, 4) is 0 Å². The van der Waals surface area contributed by atoms with Crippen molar-refractivity contribution in [3.63, 3.8) is 0 Å². The molecule has 0 radical (unpaired) electrons. The van der Waals surface area contributed by atoms with Gasteiger partial charge in [-0.25, -0.2) is 0 Å². The molecule has 1 aliphatic rings. The number of hydrogen-bond acceptors (Lipinski definition) is 4. The van der Waals surface area contributed by atoms with Crippen LogP contribution in [0.2, 0.25) is 0 Å². The van der Waals surface area contributed by atoms with Crippen LogP contribution in [0, 0.1) is 0 Å². The molecule has 4 heteroatoms. The maximum Gasteiger partial charge on any atom is 0.0446 e. The second-order valence-electron chi connectivity index (χ2n) is 6.53. The zero-order valence-electron chi connectivity index (χ0n) is 14.7. The minimum Gasteiger partial charge on any atom is -0.396 e. The monoisotopic (exact) mass is 334 g/mol. The minimum atomic E-state index is 0.270. The van der Waals surface area contributed by atoms with Gasteiger partial charge < -0.3 is 5.11 Å². The topological polar surface area (TPSA) is 26.7 Å². The Labute approximate surface area is 145 Å². The zero-order chi connectivity index (χ0) is 16.7. The number of hydrogen-bond donors (Lipinski definition) is 1. The number of rotatable bonds is 7. The Hall–Kier alpha value is -0.810. The molecule has 0 unspecified atom stereocenters. The number of allylic oxidation sites excluding steroid dienone is 1. The van der Waals surface area contributed by atoms with Gasteiger partial charge in [-0.15, -0.1) is 11.8 Å². The number of aliphatic hydroxyl groups excluding tert-OH is 1. The van der Waals surface area contributed by atoms with E-state index in [1.54, 1.807) is 11.8 Å². The Morgan fingerprint density at radius 2 is 2.00 bits per heavy atom. The molecule has 1 atom stereocenters. The highest BCUT2D eigenvalue weighted by Gasteiger charge is 2.25. The standard InChI is InChI=1S/C19H30N2OS/c1-16(2)8-10-21-12-11-20(15-18(21)9-13-22)14-17-4-6-19(23-3)7-5-17/h4-8,18,22H,9-15H2,1-3H3/t18-/m0/s1. The van der Waals surface area contributed by atoms with Gasteiger partial charge in [-0.2, -0.15) is 0 Å². The fourth-order valence-electron chi connectivity index (χ4n) is 3.05. The molecule has 1 fully saturated rings. The average molecular weight is 335 g/mol. The molecule has 1 aromatic rings. The molecule has 1 aliphatic heterocycles. The molecule has 0 aromatic heterocycles. The number of benzene rings is 1. The maximum atomic E-state index is 9.38. The van der Waals surface area contributed by atoms with Gasteiger partial charge in [0, 0.05) is 50.3 Å². The predicted molar refractivity (Wildman–Crippen MR) is 100.0 cm³/mol. The molecule has 1 aromatic carbocycles. The first kappa shape index (κ1) is 18.5.